The lowest BCUT2D eigenvalue weighted by molar-refractivity contribution is 0.157. The summed E-state index contributed by atoms with van der Waals surface area (Å²) in [6, 6.07) is 9.23. The fourth-order valence-corrected chi connectivity index (χ4v) is 4.73. The van der Waals surface area contributed by atoms with Crippen LogP contribution in [0.25, 0.3) is 0 Å². The van der Waals surface area contributed by atoms with Gasteiger partial charge in [-0.25, -0.2) is 0 Å². The van der Waals surface area contributed by atoms with Gasteiger partial charge >= 0.3 is 0 Å². The SMILES string of the molecule is CCCN1CCN(c2ccccc2C2CC(C)(C)C(C)(C)C2)CC1.Cl. The van der Waals surface area contributed by atoms with Crippen molar-refractivity contribution in [1.29, 1.82) is 0 Å². The number of anilines is 1. The van der Waals surface area contributed by atoms with E-state index in [0.717, 1.165) is 0 Å². The van der Waals surface area contributed by atoms with Gasteiger partial charge in [-0.05, 0) is 54.2 Å². The summed E-state index contributed by atoms with van der Waals surface area (Å²) in [6.07, 6.45) is 3.89. The van der Waals surface area contributed by atoms with Crippen molar-refractivity contribution in [3.63, 3.8) is 0 Å². The van der Waals surface area contributed by atoms with E-state index in [4.69, 9.17) is 0 Å². The first-order chi connectivity index (χ1) is 11.3. The Morgan fingerprint density at radius 1 is 0.920 bits per heavy atom. The minimum atomic E-state index is 0. The van der Waals surface area contributed by atoms with E-state index in [9.17, 15) is 0 Å². The second kappa shape index (κ2) is 7.88. The van der Waals surface area contributed by atoms with Gasteiger partial charge in [0, 0.05) is 31.9 Å². The lowest BCUT2D eigenvalue weighted by Gasteiger charge is -2.37. The van der Waals surface area contributed by atoms with Gasteiger partial charge in [0.15, 0.2) is 0 Å². The van der Waals surface area contributed by atoms with E-state index in [1.54, 1.807) is 5.56 Å². The van der Waals surface area contributed by atoms with Crippen LogP contribution in [0.4, 0.5) is 5.69 Å². The molecule has 1 aliphatic heterocycles. The maximum absolute atomic E-state index is 2.64. The zero-order valence-corrected chi connectivity index (χ0v) is 17.7. The third kappa shape index (κ3) is 4.17. The predicted molar refractivity (Wildman–Crippen MR) is 112 cm³/mol. The summed E-state index contributed by atoms with van der Waals surface area (Å²) in [5, 5.41) is 0. The molecule has 3 heteroatoms. The Balaban J connectivity index is 0.00000225. The maximum Gasteiger partial charge on any atom is 0.0402 e. The van der Waals surface area contributed by atoms with Gasteiger partial charge in [-0.15, -0.1) is 12.4 Å². The number of para-hydroxylation sites is 1. The second-order valence-electron chi connectivity index (χ2n) is 9.26. The minimum Gasteiger partial charge on any atom is -0.369 e. The van der Waals surface area contributed by atoms with Crippen molar-refractivity contribution in [2.45, 2.75) is 59.8 Å². The average Bonchev–Trinajstić information content (AvgIpc) is 2.76. The molecule has 2 nitrogen and oxygen atoms in total. The summed E-state index contributed by atoms with van der Waals surface area (Å²) >= 11 is 0. The lowest BCUT2D eigenvalue weighted by atomic mass is 9.71. The van der Waals surface area contributed by atoms with E-state index in [0.29, 0.717) is 16.7 Å². The molecule has 3 rings (SSSR count). The standard InChI is InChI=1S/C22H36N2.ClH/c1-6-11-23-12-14-24(15-13-23)20-10-8-7-9-19(20)18-16-21(2,3)22(4,5)17-18;/h7-10,18H,6,11-17H2,1-5H3;1H. The van der Waals surface area contributed by atoms with E-state index in [2.05, 4.69) is 68.7 Å². The second-order valence-corrected chi connectivity index (χ2v) is 9.26. The van der Waals surface area contributed by atoms with Crippen LogP contribution in [0.5, 0.6) is 0 Å². The topological polar surface area (TPSA) is 6.48 Å². The molecule has 0 aromatic heterocycles. The lowest BCUT2D eigenvalue weighted by Crippen LogP contribution is -2.46. The number of halogens is 1. The van der Waals surface area contributed by atoms with Crippen molar-refractivity contribution >= 4 is 18.1 Å². The van der Waals surface area contributed by atoms with Crippen molar-refractivity contribution in [1.82, 2.24) is 4.90 Å². The zero-order valence-electron chi connectivity index (χ0n) is 16.8. The summed E-state index contributed by atoms with van der Waals surface area (Å²) in [5.41, 5.74) is 3.95. The first-order valence-corrected chi connectivity index (χ1v) is 9.90. The summed E-state index contributed by atoms with van der Waals surface area (Å²) in [6.45, 7) is 18.1. The van der Waals surface area contributed by atoms with Gasteiger partial charge in [0.1, 0.15) is 0 Å². The van der Waals surface area contributed by atoms with Crippen molar-refractivity contribution in [2.24, 2.45) is 10.8 Å². The van der Waals surface area contributed by atoms with Crippen LogP contribution < -0.4 is 4.90 Å². The monoisotopic (exact) mass is 364 g/mol. The van der Waals surface area contributed by atoms with Gasteiger partial charge in [0.2, 0.25) is 0 Å². The van der Waals surface area contributed by atoms with Gasteiger partial charge in [0.25, 0.3) is 0 Å². The van der Waals surface area contributed by atoms with Crippen LogP contribution in [0.1, 0.15) is 65.4 Å². The third-order valence-electron chi connectivity index (χ3n) is 6.97. The molecule has 0 amide bonds. The van der Waals surface area contributed by atoms with Crippen molar-refractivity contribution in [3.05, 3.63) is 29.8 Å². The maximum atomic E-state index is 2.64. The quantitative estimate of drug-likeness (QED) is 0.689. The van der Waals surface area contributed by atoms with Crippen LogP contribution in [0.2, 0.25) is 0 Å². The molecule has 0 atom stereocenters. The molecule has 25 heavy (non-hydrogen) atoms. The Hall–Kier alpha value is -0.730. The zero-order chi connectivity index (χ0) is 17.4. The van der Waals surface area contributed by atoms with E-state index in [1.807, 2.05) is 0 Å². The molecule has 0 radical (unpaired) electrons. The first kappa shape index (κ1) is 20.6. The minimum absolute atomic E-state index is 0. The molecular formula is C22H37ClN2. The number of hydrogen-bond acceptors (Lipinski definition) is 2. The average molecular weight is 365 g/mol. The Morgan fingerprint density at radius 2 is 1.48 bits per heavy atom. The molecule has 1 aromatic rings. The smallest absolute Gasteiger partial charge is 0.0402 e. The molecule has 142 valence electrons. The number of piperazine rings is 1. The van der Waals surface area contributed by atoms with Crippen LogP contribution in [0, 0.1) is 10.8 Å². The highest BCUT2D eigenvalue weighted by Gasteiger charge is 2.47. The highest BCUT2D eigenvalue weighted by Crippen LogP contribution is 2.58. The molecule has 0 N–H and O–H groups in total. The molecule has 1 aliphatic carbocycles. The molecular weight excluding hydrogens is 328 g/mol. The molecule has 1 heterocycles. The van der Waals surface area contributed by atoms with E-state index < -0.39 is 0 Å². The van der Waals surface area contributed by atoms with E-state index in [1.165, 1.54) is 57.7 Å². The van der Waals surface area contributed by atoms with Crippen molar-refractivity contribution in [3.8, 4) is 0 Å². The molecule has 2 aliphatic rings. The van der Waals surface area contributed by atoms with Gasteiger partial charge in [-0.2, -0.15) is 0 Å². The summed E-state index contributed by atoms with van der Waals surface area (Å²) in [4.78, 5) is 5.25. The van der Waals surface area contributed by atoms with Gasteiger partial charge < -0.3 is 4.90 Å². The highest BCUT2D eigenvalue weighted by atomic mass is 35.5. The fraction of sp³-hybridized carbons (Fsp3) is 0.727. The normalized spacial score (nSPS) is 23.5. The van der Waals surface area contributed by atoms with Gasteiger partial charge in [-0.1, -0.05) is 52.8 Å². The number of nitrogens with zero attached hydrogens (tertiary/aromatic N) is 2. The van der Waals surface area contributed by atoms with Crippen LogP contribution in [0.3, 0.4) is 0 Å². The molecule has 0 spiro atoms. The molecule has 1 aromatic carbocycles. The Bertz CT molecular complexity index is 543. The Kier molecular flexibility index (Phi) is 6.49. The molecule has 2 fully saturated rings. The summed E-state index contributed by atoms with van der Waals surface area (Å²) in [5.74, 6) is 0.708. The third-order valence-corrected chi connectivity index (χ3v) is 6.97. The molecule has 0 unspecified atom stereocenters. The first-order valence-electron chi connectivity index (χ1n) is 9.90. The van der Waals surface area contributed by atoms with Crippen LogP contribution in [-0.4, -0.2) is 37.6 Å². The van der Waals surface area contributed by atoms with Gasteiger partial charge in [-0.3, -0.25) is 4.90 Å². The van der Waals surface area contributed by atoms with Gasteiger partial charge in [0.05, 0.1) is 0 Å². The van der Waals surface area contributed by atoms with Crippen LogP contribution in [0.15, 0.2) is 24.3 Å². The predicted octanol–water partition coefficient (Wildman–Crippen LogP) is 5.57. The number of hydrogen-bond donors (Lipinski definition) is 0. The van der Waals surface area contributed by atoms with Crippen molar-refractivity contribution in [2.75, 3.05) is 37.6 Å². The summed E-state index contributed by atoms with van der Waals surface area (Å²) < 4.78 is 0. The molecule has 1 saturated heterocycles. The van der Waals surface area contributed by atoms with E-state index in [-0.39, 0.29) is 12.4 Å². The number of rotatable bonds is 4. The highest BCUT2D eigenvalue weighted by molar-refractivity contribution is 5.85. The van der Waals surface area contributed by atoms with Crippen LogP contribution in [-0.2, 0) is 0 Å². The Morgan fingerprint density at radius 3 is 2.04 bits per heavy atom. The van der Waals surface area contributed by atoms with Crippen molar-refractivity contribution < 1.29 is 0 Å². The Labute approximate surface area is 161 Å². The largest absolute Gasteiger partial charge is 0.369 e. The van der Waals surface area contributed by atoms with E-state index >= 15 is 0 Å². The van der Waals surface area contributed by atoms with Crippen LogP contribution >= 0.6 is 12.4 Å². The fourth-order valence-electron chi connectivity index (χ4n) is 4.73. The summed E-state index contributed by atoms with van der Waals surface area (Å²) in [7, 11) is 0. The molecule has 1 saturated carbocycles. The molecule has 0 bridgehead atoms. The number of benzene rings is 1.